The molecule has 0 atom stereocenters. The summed E-state index contributed by atoms with van der Waals surface area (Å²) in [5.74, 6) is 0.591. The molecule has 0 aliphatic carbocycles. The maximum atomic E-state index is 12.7. The fourth-order valence-electron chi connectivity index (χ4n) is 3.99. The summed E-state index contributed by atoms with van der Waals surface area (Å²) in [4.78, 5) is 30.3. The number of thioether (sulfide) groups is 1. The van der Waals surface area contributed by atoms with E-state index in [2.05, 4.69) is 47.5 Å². The quantitative estimate of drug-likeness (QED) is 0.550. The molecule has 0 unspecified atom stereocenters. The Labute approximate surface area is 193 Å². The lowest BCUT2D eigenvalue weighted by Gasteiger charge is -2.34. The Morgan fingerprint density at radius 3 is 2.41 bits per heavy atom. The van der Waals surface area contributed by atoms with E-state index in [9.17, 15) is 9.59 Å². The highest BCUT2D eigenvalue weighted by molar-refractivity contribution is 8.00. The minimum atomic E-state index is -0.00228. The largest absolute Gasteiger partial charge is 0.339 e. The number of hydrogen-bond acceptors (Lipinski definition) is 4. The molecule has 0 bridgehead atoms. The molecule has 0 radical (unpaired) electrons. The van der Waals surface area contributed by atoms with E-state index < -0.39 is 0 Å². The number of benzene rings is 3. The van der Waals surface area contributed by atoms with Gasteiger partial charge in [-0.05, 0) is 41.0 Å². The van der Waals surface area contributed by atoms with E-state index in [0.717, 1.165) is 35.7 Å². The van der Waals surface area contributed by atoms with E-state index in [1.807, 2.05) is 41.3 Å². The third-order valence-corrected chi connectivity index (χ3v) is 6.83. The van der Waals surface area contributed by atoms with Crippen molar-refractivity contribution in [2.75, 3.05) is 43.8 Å². The summed E-state index contributed by atoms with van der Waals surface area (Å²) in [6.45, 7) is 5.20. The van der Waals surface area contributed by atoms with Crippen molar-refractivity contribution < 1.29 is 9.59 Å². The summed E-state index contributed by atoms with van der Waals surface area (Å²) in [6.07, 6.45) is 0.883. The molecule has 3 aromatic rings. The van der Waals surface area contributed by atoms with E-state index in [1.54, 1.807) is 11.8 Å². The van der Waals surface area contributed by atoms with Crippen molar-refractivity contribution in [1.29, 1.82) is 0 Å². The maximum Gasteiger partial charge on any atom is 0.238 e. The van der Waals surface area contributed by atoms with Crippen molar-refractivity contribution in [2.45, 2.75) is 18.2 Å². The van der Waals surface area contributed by atoms with Crippen LogP contribution in [0.5, 0.6) is 0 Å². The topological polar surface area (TPSA) is 52.7 Å². The summed E-state index contributed by atoms with van der Waals surface area (Å²) in [5.41, 5.74) is 2.03. The normalized spacial score (nSPS) is 14.5. The Morgan fingerprint density at radius 1 is 0.906 bits per heavy atom. The molecule has 1 N–H and O–H groups in total. The van der Waals surface area contributed by atoms with Crippen molar-refractivity contribution in [3.63, 3.8) is 0 Å². The van der Waals surface area contributed by atoms with Crippen molar-refractivity contribution >= 4 is 40.0 Å². The number of carbonyl (C=O) groups is 2. The number of anilines is 1. The van der Waals surface area contributed by atoms with E-state index in [-0.39, 0.29) is 11.8 Å². The molecule has 32 heavy (non-hydrogen) atoms. The van der Waals surface area contributed by atoms with E-state index in [4.69, 9.17) is 0 Å². The van der Waals surface area contributed by atoms with Gasteiger partial charge in [-0.25, -0.2) is 0 Å². The van der Waals surface area contributed by atoms with Gasteiger partial charge in [0, 0.05) is 36.8 Å². The molecule has 2 amide bonds. The second kappa shape index (κ2) is 10.7. The Morgan fingerprint density at radius 2 is 1.62 bits per heavy atom. The molecule has 3 aromatic carbocycles. The van der Waals surface area contributed by atoms with E-state index in [1.165, 1.54) is 10.8 Å². The number of hydrogen-bond donors (Lipinski definition) is 1. The van der Waals surface area contributed by atoms with Gasteiger partial charge in [-0.1, -0.05) is 55.5 Å². The van der Waals surface area contributed by atoms with Gasteiger partial charge >= 0.3 is 0 Å². The first-order valence-corrected chi connectivity index (χ1v) is 12.1. The molecular weight excluding hydrogens is 418 g/mol. The number of amides is 2. The van der Waals surface area contributed by atoms with Crippen molar-refractivity contribution in [2.24, 2.45) is 0 Å². The number of rotatable bonds is 7. The van der Waals surface area contributed by atoms with Crippen LogP contribution in [0.2, 0.25) is 0 Å². The smallest absolute Gasteiger partial charge is 0.238 e. The van der Waals surface area contributed by atoms with Gasteiger partial charge < -0.3 is 10.2 Å². The highest BCUT2D eigenvalue weighted by Gasteiger charge is 2.22. The summed E-state index contributed by atoms with van der Waals surface area (Å²) in [7, 11) is 0. The summed E-state index contributed by atoms with van der Waals surface area (Å²) < 4.78 is 0. The van der Waals surface area contributed by atoms with Gasteiger partial charge in [-0.2, -0.15) is 0 Å². The second-order valence-electron chi connectivity index (χ2n) is 8.01. The average molecular weight is 448 g/mol. The van der Waals surface area contributed by atoms with Crippen LogP contribution in [0.4, 0.5) is 5.69 Å². The van der Waals surface area contributed by atoms with Crippen LogP contribution in [0, 0.1) is 0 Å². The first-order valence-electron chi connectivity index (χ1n) is 11.1. The first-order chi connectivity index (χ1) is 15.6. The third-order valence-electron chi connectivity index (χ3n) is 5.85. The predicted molar refractivity (Wildman–Crippen MR) is 132 cm³/mol. The maximum absolute atomic E-state index is 12.7. The fraction of sp³-hybridized carbons (Fsp3) is 0.308. The number of carbonyl (C=O) groups excluding carboxylic acids is 2. The standard InChI is InChI=1S/C26H29N3O2S/c1-2-20-7-5-6-10-24(20)27-25(30)18-28-13-15-29(16-14-28)26(31)19-32-23-12-11-21-8-3-4-9-22(21)17-23/h3-12,17H,2,13-16,18-19H2,1H3,(H,27,30). The lowest BCUT2D eigenvalue weighted by molar-refractivity contribution is -0.130. The summed E-state index contributed by atoms with van der Waals surface area (Å²) >= 11 is 1.58. The predicted octanol–water partition coefficient (Wildman–Crippen LogP) is 4.28. The van der Waals surface area contributed by atoms with Crippen molar-refractivity contribution in [1.82, 2.24) is 9.80 Å². The van der Waals surface area contributed by atoms with Gasteiger partial charge in [0.25, 0.3) is 0 Å². The number of para-hydroxylation sites is 1. The van der Waals surface area contributed by atoms with Crippen LogP contribution in [-0.2, 0) is 16.0 Å². The molecule has 5 nitrogen and oxygen atoms in total. The van der Waals surface area contributed by atoms with Crippen molar-refractivity contribution in [3.8, 4) is 0 Å². The van der Waals surface area contributed by atoms with Crippen LogP contribution in [-0.4, -0.2) is 60.1 Å². The van der Waals surface area contributed by atoms with Gasteiger partial charge in [0.1, 0.15) is 0 Å². The SMILES string of the molecule is CCc1ccccc1NC(=O)CN1CCN(C(=O)CSc2ccc3ccccc3c2)CC1. The van der Waals surface area contributed by atoms with Gasteiger partial charge in [0.2, 0.25) is 11.8 Å². The molecule has 0 saturated carbocycles. The van der Waals surface area contributed by atoms with Crippen LogP contribution in [0.3, 0.4) is 0 Å². The van der Waals surface area contributed by atoms with E-state index in [0.29, 0.717) is 25.4 Å². The van der Waals surface area contributed by atoms with Crippen LogP contribution in [0.1, 0.15) is 12.5 Å². The molecule has 6 heteroatoms. The van der Waals surface area contributed by atoms with Gasteiger partial charge in [0.05, 0.1) is 12.3 Å². The van der Waals surface area contributed by atoms with Crippen LogP contribution in [0.25, 0.3) is 10.8 Å². The summed E-state index contributed by atoms with van der Waals surface area (Å²) in [5, 5.41) is 5.43. The second-order valence-corrected chi connectivity index (χ2v) is 9.06. The zero-order chi connectivity index (χ0) is 22.3. The molecule has 1 aliphatic rings. The molecule has 166 valence electrons. The molecule has 0 aromatic heterocycles. The lowest BCUT2D eigenvalue weighted by Crippen LogP contribution is -2.50. The minimum Gasteiger partial charge on any atom is -0.339 e. The molecule has 1 saturated heterocycles. The molecule has 1 heterocycles. The number of fused-ring (bicyclic) bond motifs is 1. The fourth-order valence-corrected chi connectivity index (χ4v) is 4.84. The van der Waals surface area contributed by atoms with E-state index >= 15 is 0 Å². The number of nitrogens with one attached hydrogen (secondary N) is 1. The van der Waals surface area contributed by atoms with Crippen molar-refractivity contribution in [3.05, 3.63) is 72.3 Å². The van der Waals surface area contributed by atoms with Gasteiger partial charge in [0.15, 0.2) is 0 Å². The molecule has 4 rings (SSSR count). The molecular formula is C26H29N3O2S. The van der Waals surface area contributed by atoms with Crippen LogP contribution >= 0.6 is 11.8 Å². The van der Waals surface area contributed by atoms with Crippen LogP contribution in [0.15, 0.2) is 71.6 Å². The Bertz CT molecular complexity index is 1090. The monoisotopic (exact) mass is 447 g/mol. The Hall–Kier alpha value is -2.83. The summed E-state index contributed by atoms with van der Waals surface area (Å²) in [6, 6.07) is 22.5. The van der Waals surface area contributed by atoms with Gasteiger partial charge in [-0.3, -0.25) is 14.5 Å². The Balaban J connectivity index is 1.22. The molecule has 1 fully saturated rings. The molecule has 0 spiro atoms. The highest BCUT2D eigenvalue weighted by Crippen LogP contribution is 2.24. The van der Waals surface area contributed by atoms with Crippen LogP contribution < -0.4 is 5.32 Å². The zero-order valence-electron chi connectivity index (χ0n) is 18.4. The number of nitrogens with zero attached hydrogens (tertiary/aromatic N) is 2. The number of piperazine rings is 1. The highest BCUT2D eigenvalue weighted by atomic mass is 32.2. The number of aryl methyl sites for hydroxylation is 1. The first kappa shape index (κ1) is 22.4. The zero-order valence-corrected chi connectivity index (χ0v) is 19.2. The minimum absolute atomic E-state index is 0.00228. The average Bonchev–Trinajstić information content (AvgIpc) is 2.83. The van der Waals surface area contributed by atoms with Gasteiger partial charge in [-0.15, -0.1) is 11.8 Å². The Kier molecular flexibility index (Phi) is 7.45. The third kappa shape index (κ3) is 5.69. The molecule has 1 aliphatic heterocycles. The lowest BCUT2D eigenvalue weighted by atomic mass is 10.1.